The van der Waals surface area contributed by atoms with Crippen LogP contribution in [0.5, 0.6) is 0 Å². The summed E-state index contributed by atoms with van der Waals surface area (Å²) >= 11 is 1.38. The van der Waals surface area contributed by atoms with Crippen molar-refractivity contribution in [3.8, 4) is 0 Å². The Balaban J connectivity index is 1.98. The quantitative estimate of drug-likeness (QED) is 0.745. The predicted octanol–water partition coefficient (Wildman–Crippen LogP) is 1.38. The topological polar surface area (TPSA) is 101 Å². The van der Waals surface area contributed by atoms with E-state index in [2.05, 4.69) is 10.3 Å². The van der Waals surface area contributed by atoms with E-state index in [0.717, 1.165) is 0 Å². The largest absolute Gasteiger partial charge is 0.480 e. The summed E-state index contributed by atoms with van der Waals surface area (Å²) in [6, 6.07) is 0.733. The molecule has 1 atom stereocenters. The summed E-state index contributed by atoms with van der Waals surface area (Å²) in [5.41, 5.74) is -0.201. The number of aryl methyl sites for hydroxylation is 1. The number of hydrogen-bond donors (Lipinski definition) is 2. The van der Waals surface area contributed by atoms with Crippen LogP contribution in [0.2, 0.25) is 0 Å². The Labute approximate surface area is 136 Å². The molecule has 0 aliphatic rings. The first-order valence-electron chi connectivity index (χ1n) is 7.09. The molecule has 0 bridgehead atoms. The number of carboxylic acid groups (broad SMARTS) is 1. The Morgan fingerprint density at radius 1 is 1.52 bits per heavy atom. The zero-order chi connectivity index (χ0) is 16.8. The molecule has 2 N–H and O–H groups in total. The molecule has 0 fully saturated rings. The number of nitrogens with zero attached hydrogens (tertiary/aromatic N) is 2. The molecule has 2 rings (SSSR count). The first-order valence-corrected chi connectivity index (χ1v) is 7.97. The number of carboxylic acids is 1. The smallest absolute Gasteiger partial charge is 0.326 e. The Bertz CT molecular complexity index is 793. The van der Waals surface area contributed by atoms with Crippen molar-refractivity contribution in [2.75, 3.05) is 0 Å². The minimum absolute atomic E-state index is 0.0108. The fraction of sp³-hybridized carbons (Fsp3) is 0.333. The Morgan fingerprint density at radius 3 is 3.00 bits per heavy atom. The average Bonchev–Trinajstić information content (AvgIpc) is 3.00. The summed E-state index contributed by atoms with van der Waals surface area (Å²) in [6.45, 7) is 1.93. The minimum atomic E-state index is -1.09. The van der Waals surface area contributed by atoms with E-state index in [9.17, 15) is 14.4 Å². The van der Waals surface area contributed by atoms with Gasteiger partial charge in [-0.15, -0.1) is 11.3 Å². The van der Waals surface area contributed by atoms with Crippen molar-refractivity contribution in [2.24, 2.45) is 0 Å². The molecule has 0 aromatic carbocycles. The first kappa shape index (κ1) is 16.9. The lowest BCUT2D eigenvalue weighted by Crippen LogP contribution is -2.41. The molecule has 2 heterocycles. The second-order valence-electron chi connectivity index (χ2n) is 4.90. The van der Waals surface area contributed by atoms with E-state index in [4.69, 9.17) is 5.11 Å². The summed E-state index contributed by atoms with van der Waals surface area (Å²) in [4.78, 5) is 39.9. The third-order valence-corrected chi connectivity index (χ3v) is 4.09. The summed E-state index contributed by atoms with van der Waals surface area (Å²) in [5.74, 6) is -1.51. The van der Waals surface area contributed by atoms with Crippen LogP contribution < -0.4 is 10.9 Å². The SMILES string of the molecule is C/C=C/CC(NC(=O)CCn1cnc2sccc2c1=O)C(=O)O. The molecule has 122 valence electrons. The van der Waals surface area contributed by atoms with Crippen molar-refractivity contribution in [1.82, 2.24) is 14.9 Å². The zero-order valence-electron chi connectivity index (χ0n) is 12.6. The summed E-state index contributed by atoms with van der Waals surface area (Å²) < 4.78 is 1.36. The number of fused-ring (bicyclic) bond motifs is 1. The molecule has 2 aromatic rings. The molecule has 0 saturated carbocycles. The second kappa shape index (κ2) is 7.68. The monoisotopic (exact) mass is 335 g/mol. The van der Waals surface area contributed by atoms with Crippen molar-refractivity contribution in [3.63, 3.8) is 0 Å². The number of rotatable bonds is 7. The summed E-state index contributed by atoms with van der Waals surface area (Å²) in [7, 11) is 0. The molecule has 0 aliphatic heterocycles. The van der Waals surface area contributed by atoms with Crippen molar-refractivity contribution in [3.05, 3.63) is 40.3 Å². The molecule has 0 aliphatic carbocycles. The summed E-state index contributed by atoms with van der Waals surface area (Å²) in [5, 5.41) is 13.8. The highest BCUT2D eigenvalue weighted by atomic mass is 32.1. The molecule has 1 unspecified atom stereocenters. The number of hydrogen-bond acceptors (Lipinski definition) is 5. The van der Waals surface area contributed by atoms with E-state index >= 15 is 0 Å². The molecule has 0 spiro atoms. The van der Waals surface area contributed by atoms with E-state index < -0.39 is 17.9 Å². The van der Waals surface area contributed by atoms with Gasteiger partial charge >= 0.3 is 5.97 Å². The van der Waals surface area contributed by atoms with E-state index in [-0.39, 0.29) is 24.9 Å². The molecule has 0 saturated heterocycles. The number of aliphatic carboxylic acids is 1. The normalized spacial score (nSPS) is 12.6. The van der Waals surface area contributed by atoms with E-state index in [1.54, 1.807) is 30.5 Å². The number of aromatic nitrogens is 2. The van der Waals surface area contributed by atoms with Gasteiger partial charge < -0.3 is 10.4 Å². The third-order valence-electron chi connectivity index (χ3n) is 3.27. The number of nitrogens with one attached hydrogen (secondary N) is 1. The Kier molecular flexibility index (Phi) is 5.64. The summed E-state index contributed by atoms with van der Waals surface area (Å²) in [6.07, 6.45) is 5.04. The molecular formula is C15H17N3O4S. The van der Waals surface area contributed by atoms with Crippen LogP contribution in [0.4, 0.5) is 0 Å². The number of carbonyl (C=O) groups is 2. The zero-order valence-corrected chi connectivity index (χ0v) is 13.4. The maximum atomic E-state index is 12.2. The molecular weight excluding hydrogens is 318 g/mol. The van der Waals surface area contributed by atoms with Crippen LogP contribution in [0.1, 0.15) is 19.8 Å². The average molecular weight is 335 g/mol. The van der Waals surface area contributed by atoms with Gasteiger partial charge in [0.2, 0.25) is 5.91 Å². The van der Waals surface area contributed by atoms with Crippen molar-refractivity contribution in [1.29, 1.82) is 0 Å². The van der Waals surface area contributed by atoms with Gasteiger partial charge in [-0.2, -0.15) is 0 Å². The first-order chi connectivity index (χ1) is 11.0. The predicted molar refractivity (Wildman–Crippen MR) is 87.5 cm³/mol. The van der Waals surface area contributed by atoms with E-state index in [1.807, 2.05) is 0 Å². The molecule has 8 heteroatoms. The number of amides is 1. The highest BCUT2D eigenvalue weighted by Gasteiger charge is 2.18. The Hall–Kier alpha value is -2.48. The minimum Gasteiger partial charge on any atom is -0.480 e. The van der Waals surface area contributed by atoms with Crippen LogP contribution in [0.25, 0.3) is 10.2 Å². The molecule has 23 heavy (non-hydrogen) atoms. The maximum Gasteiger partial charge on any atom is 0.326 e. The Morgan fingerprint density at radius 2 is 2.30 bits per heavy atom. The number of thiophene rings is 1. The lowest BCUT2D eigenvalue weighted by molar-refractivity contribution is -0.141. The fourth-order valence-corrected chi connectivity index (χ4v) is 2.76. The molecule has 0 radical (unpaired) electrons. The highest BCUT2D eigenvalue weighted by molar-refractivity contribution is 7.16. The standard InChI is InChI=1S/C15H17N3O4S/c1-2-3-4-11(15(21)22)17-12(19)5-7-18-9-16-13-10(14(18)20)6-8-23-13/h2-3,6,8-9,11H,4-5,7H2,1H3,(H,17,19)(H,21,22)/b3-2+. The third kappa shape index (κ3) is 4.26. The molecule has 2 aromatic heterocycles. The lowest BCUT2D eigenvalue weighted by Gasteiger charge is -2.13. The molecule has 1 amide bonds. The van der Waals surface area contributed by atoms with Crippen LogP contribution >= 0.6 is 11.3 Å². The van der Waals surface area contributed by atoms with Crippen LogP contribution in [-0.2, 0) is 16.1 Å². The van der Waals surface area contributed by atoms with Gasteiger partial charge in [-0.1, -0.05) is 12.2 Å². The van der Waals surface area contributed by atoms with Gasteiger partial charge in [0.15, 0.2) is 0 Å². The number of carbonyl (C=O) groups excluding carboxylic acids is 1. The van der Waals surface area contributed by atoms with Gasteiger partial charge in [-0.3, -0.25) is 14.2 Å². The van der Waals surface area contributed by atoms with Gasteiger partial charge in [0.25, 0.3) is 5.56 Å². The van der Waals surface area contributed by atoms with Crippen LogP contribution in [0.3, 0.4) is 0 Å². The van der Waals surface area contributed by atoms with Crippen LogP contribution in [-0.4, -0.2) is 32.6 Å². The van der Waals surface area contributed by atoms with Crippen molar-refractivity contribution < 1.29 is 14.7 Å². The maximum absolute atomic E-state index is 12.2. The fourth-order valence-electron chi connectivity index (χ4n) is 2.03. The van der Waals surface area contributed by atoms with Crippen molar-refractivity contribution in [2.45, 2.75) is 32.4 Å². The van der Waals surface area contributed by atoms with Gasteiger partial charge in [0, 0.05) is 13.0 Å². The van der Waals surface area contributed by atoms with Crippen LogP contribution in [0, 0.1) is 0 Å². The second-order valence-corrected chi connectivity index (χ2v) is 5.79. The van der Waals surface area contributed by atoms with Crippen LogP contribution in [0.15, 0.2) is 34.7 Å². The van der Waals surface area contributed by atoms with Gasteiger partial charge in [0.1, 0.15) is 10.9 Å². The van der Waals surface area contributed by atoms with Crippen molar-refractivity contribution >= 4 is 33.4 Å². The highest BCUT2D eigenvalue weighted by Crippen LogP contribution is 2.13. The van der Waals surface area contributed by atoms with E-state index in [0.29, 0.717) is 10.2 Å². The van der Waals surface area contributed by atoms with Gasteiger partial charge in [-0.25, -0.2) is 9.78 Å². The molecule has 7 nitrogen and oxygen atoms in total. The number of allylic oxidation sites excluding steroid dienone is 1. The van der Waals surface area contributed by atoms with Gasteiger partial charge in [0.05, 0.1) is 11.7 Å². The van der Waals surface area contributed by atoms with E-state index in [1.165, 1.54) is 22.2 Å². The van der Waals surface area contributed by atoms with Gasteiger partial charge in [-0.05, 0) is 24.8 Å². The lowest BCUT2D eigenvalue weighted by atomic mass is 10.2.